The molecule has 0 bridgehead atoms. The summed E-state index contributed by atoms with van der Waals surface area (Å²) >= 11 is 0. The van der Waals surface area contributed by atoms with Crippen molar-refractivity contribution in [2.75, 3.05) is 7.11 Å². The molecular weight excluding hydrogens is 331 g/mol. The van der Waals surface area contributed by atoms with Crippen LogP contribution in [0.5, 0.6) is 17.2 Å². The van der Waals surface area contributed by atoms with E-state index in [4.69, 9.17) is 9.84 Å². The molecule has 0 aromatic heterocycles. The number of phenols is 2. The first kappa shape index (κ1) is 18.3. The van der Waals surface area contributed by atoms with Crippen molar-refractivity contribution >= 4 is 11.8 Å². The average Bonchev–Trinajstić information content (AvgIpc) is 2.54. The molecular formula is C18H17FO6. The number of ketones is 1. The van der Waals surface area contributed by atoms with Crippen LogP contribution in [0.4, 0.5) is 4.39 Å². The lowest BCUT2D eigenvalue weighted by molar-refractivity contribution is -0.136. The van der Waals surface area contributed by atoms with Gasteiger partial charge in [0.2, 0.25) is 0 Å². The van der Waals surface area contributed by atoms with Crippen molar-refractivity contribution in [2.45, 2.75) is 19.8 Å². The number of aromatic hydroxyl groups is 2. The molecule has 0 aliphatic carbocycles. The second-order valence-electron chi connectivity index (χ2n) is 5.35. The quantitative estimate of drug-likeness (QED) is 0.694. The summed E-state index contributed by atoms with van der Waals surface area (Å²) in [7, 11) is 1.28. The average molecular weight is 348 g/mol. The van der Waals surface area contributed by atoms with E-state index >= 15 is 0 Å². The fourth-order valence-electron chi connectivity index (χ4n) is 2.70. The highest BCUT2D eigenvalue weighted by Gasteiger charge is 2.25. The fourth-order valence-corrected chi connectivity index (χ4v) is 2.70. The van der Waals surface area contributed by atoms with Gasteiger partial charge in [0.05, 0.1) is 19.1 Å². The number of carboxylic acids is 1. The lowest BCUT2D eigenvalue weighted by Crippen LogP contribution is -2.13. The Balaban J connectivity index is 2.66. The van der Waals surface area contributed by atoms with Gasteiger partial charge < -0.3 is 20.1 Å². The van der Waals surface area contributed by atoms with Gasteiger partial charge >= 0.3 is 5.97 Å². The lowest BCUT2D eigenvalue weighted by atomic mass is 9.90. The molecule has 0 atom stereocenters. The van der Waals surface area contributed by atoms with Gasteiger partial charge in [-0.05, 0) is 35.7 Å². The Morgan fingerprint density at radius 1 is 1.12 bits per heavy atom. The molecule has 0 saturated carbocycles. The number of aliphatic carboxylic acids is 1. The SMILES string of the molecule is CCc1c(O)cc(O)c(C(=O)c2ccc(OC)c(F)c2)c1CC(=O)O. The minimum atomic E-state index is -1.23. The summed E-state index contributed by atoms with van der Waals surface area (Å²) < 4.78 is 18.7. The van der Waals surface area contributed by atoms with Gasteiger partial charge in [-0.3, -0.25) is 9.59 Å². The van der Waals surface area contributed by atoms with Crippen molar-refractivity contribution in [1.82, 2.24) is 0 Å². The predicted octanol–water partition coefficient (Wildman–Crippen LogP) is 2.67. The molecule has 0 unspecified atom stereocenters. The fraction of sp³-hybridized carbons (Fsp3) is 0.222. The monoisotopic (exact) mass is 348 g/mol. The van der Waals surface area contributed by atoms with Crippen LogP contribution >= 0.6 is 0 Å². The van der Waals surface area contributed by atoms with Crippen LogP contribution in [-0.4, -0.2) is 34.2 Å². The van der Waals surface area contributed by atoms with Crippen LogP contribution in [0.2, 0.25) is 0 Å². The zero-order chi connectivity index (χ0) is 18.7. The number of carbonyl (C=O) groups is 2. The minimum absolute atomic E-state index is 0.00808. The summed E-state index contributed by atoms with van der Waals surface area (Å²) in [5.41, 5.74) is -0.0825. The zero-order valence-electron chi connectivity index (χ0n) is 13.7. The van der Waals surface area contributed by atoms with E-state index in [0.717, 1.165) is 12.1 Å². The summed E-state index contributed by atoms with van der Waals surface area (Å²) in [4.78, 5) is 23.9. The Hall–Kier alpha value is -3.09. The maximum atomic E-state index is 13.9. The summed E-state index contributed by atoms with van der Waals surface area (Å²) in [5.74, 6) is -3.64. The number of hydrogen-bond acceptors (Lipinski definition) is 5. The van der Waals surface area contributed by atoms with Crippen LogP contribution in [0.15, 0.2) is 24.3 Å². The van der Waals surface area contributed by atoms with E-state index in [2.05, 4.69) is 0 Å². The summed E-state index contributed by atoms with van der Waals surface area (Å²) in [6.45, 7) is 1.68. The van der Waals surface area contributed by atoms with Crippen molar-refractivity contribution < 1.29 is 34.0 Å². The molecule has 2 aromatic rings. The standard InChI is InChI=1S/C18H17FO6/c1-3-10-11(7-16(22)23)17(14(21)8-13(10)20)18(24)9-4-5-15(25-2)12(19)6-9/h4-6,8,20-21H,3,7H2,1-2H3,(H,22,23). The van der Waals surface area contributed by atoms with Crippen molar-refractivity contribution in [3.05, 3.63) is 52.3 Å². The highest BCUT2D eigenvalue weighted by atomic mass is 19.1. The molecule has 0 aliphatic heterocycles. The van der Waals surface area contributed by atoms with Crippen molar-refractivity contribution in [3.63, 3.8) is 0 Å². The highest BCUT2D eigenvalue weighted by Crippen LogP contribution is 2.35. The van der Waals surface area contributed by atoms with Crippen molar-refractivity contribution in [3.8, 4) is 17.2 Å². The molecule has 0 radical (unpaired) electrons. The van der Waals surface area contributed by atoms with Gasteiger partial charge in [-0.15, -0.1) is 0 Å². The number of ether oxygens (including phenoxy) is 1. The van der Waals surface area contributed by atoms with Crippen LogP contribution in [0, 0.1) is 5.82 Å². The third kappa shape index (κ3) is 3.55. The number of rotatable bonds is 6. The second-order valence-corrected chi connectivity index (χ2v) is 5.35. The minimum Gasteiger partial charge on any atom is -0.508 e. The van der Waals surface area contributed by atoms with Crippen molar-refractivity contribution in [1.29, 1.82) is 0 Å². The molecule has 0 amide bonds. The number of methoxy groups -OCH3 is 1. The van der Waals surface area contributed by atoms with Gasteiger partial charge in [0, 0.05) is 11.6 Å². The molecule has 6 nitrogen and oxygen atoms in total. The number of phenolic OH excluding ortho intramolecular Hbond substituents is 2. The summed E-state index contributed by atoms with van der Waals surface area (Å²) in [6.07, 6.45) is -0.309. The molecule has 2 rings (SSSR count). The van der Waals surface area contributed by atoms with Gasteiger partial charge in [0.1, 0.15) is 11.5 Å². The Morgan fingerprint density at radius 3 is 2.32 bits per heavy atom. The first-order valence-electron chi connectivity index (χ1n) is 7.46. The van der Waals surface area contributed by atoms with E-state index in [1.165, 1.54) is 19.2 Å². The molecule has 0 aliphatic rings. The number of benzene rings is 2. The summed E-state index contributed by atoms with van der Waals surface area (Å²) in [6, 6.07) is 4.51. The third-order valence-electron chi connectivity index (χ3n) is 3.83. The maximum Gasteiger partial charge on any atom is 0.307 e. The predicted molar refractivity (Wildman–Crippen MR) is 86.9 cm³/mol. The Labute approximate surface area is 143 Å². The Kier molecular flexibility index (Phi) is 5.26. The van der Waals surface area contributed by atoms with Crippen molar-refractivity contribution in [2.24, 2.45) is 0 Å². The van der Waals surface area contributed by atoms with Crippen LogP contribution < -0.4 is 4.74 Å². The molecule has 0 fully saturated rings. The summed E-state index contributed by atoms with van der Waals surface area (Å²) in [5, 5.41) is 29.2. The largest absolute Gasteiger partial charge is 0.508 e. The van der Waals surface area contributed by atoms with Crippen LogP contribution in [0.1, 0.15) is 34.0 Å². The van der Waals surface area contributed by atoms with Gasteiger partial charge in [-0.1, -0.05) is 6.92 Å². The first-order chi connectivity index (χ1) is 11.8. The molecule has 0 spiro atoms. The highest BCUT2D eigenvalue weighted by molar-refractivity contribution is 6.12. The van der Waals surface area contributed by atoms with Gasteiger partial charge in [-0.2, -0.15) is 0 Å². The van der Waals surface area contributed by atoms with E-state index in [0.29, 0.717) is 0 Å². The molecule has 7 heteroatoms. The molecule has 0 heterocycles. The van der Waals surface area contributed by atoms with Gasteiger partial charge in [0.15, 0.2) is 17.3 Å². The number of halogens is 1. The Morgan fingerprint density at radius 2 is 1.80 bits per heavy atom. The van der Waals surface area contributed by atoms with Gasteiger partial charge in [-0.25, -0.2) is 4.39 Å². The molecule has 132 valence electrons. The topological polar surface area (TPSA) is 104 Å². The van der Waals surface area contributed by atoms with Crippen LogP contribution in [0.25, 0.3) is 0 Å². The van der Waals surface area contributed by atoms with Crippen LogP contribution in [-0.2, 0) is 17.6 Å². The third-order valence-corrected chi connectivity index (χ3v) is 3.83. The van der Waals surface area contributed by atoms with E-state index in [9.17, 15) is 24.2 Å². The first-order valence-corrected chi connectivity index (χ1v) is 7.46. The maximum absolute atomic E-state index is 13.9. The molecule has 25 heavy (non-hydrogen) atoms. The normalized spacial score (nSPS) is 10.5. The number of hydrogen-bond donors (Lipinski definition) is 3. The van der Waals surface area contributed by atoms with E-state index in [-0.39, 0.29) is 40.2 Å². The molecule has 3 N–H and O–H groups in total. The van der Waals surface area contributed by atoms with Gasteiger partial charge in [0.25, 0.3) is 0 Å². The smallest absolute Gasteiger partial charge is 0.307 e. The lowest BCUT2D eigenvalue weighted by Gasteiger charge is -2.15. The van der Waals surface area contributed by atoms with E-state index in [1.54, 1.807) is 6.92 Å². The molecule has 0 saturated heterocycles. The number of carbonyl (C=O) groups excluding carboxylic acids is 1. The van der Waals surface area contributed by atoms with E-state index in [1.807, 2.05) is 0 Å². The number of carboxylic acid groups (broad SMARTS) is 1. The van der Waals surface area contributed by atoms with E-state index < -0.39 is 29.7 Å². The van der Waals surface area contributed by atoms with Crippen LogP contribution in [0.3, 0.4) is 0 Å². The second kappa shape index (κ2) is 7.21. The molecule has 2 aromatic carbocycles. The Bertz CT molecular complexity index is 844. The zero-order valence-corrected chi connectivity index (χ0v) is 13.7.